The summed E-state index contributed by atoms with van der Waals surface area (Å²) in [5.74, 6) is -0.0414. The topological polar surface area (TPSA) is 76.1 Å². The van der Waals surface area contributed by atoms with Crippen molar-refractivity contribution in [3.8, 4) is 11.5 Å². The number of carbonyl (C=O) groups excluding carboxylic acids is 1. The SMILES string of the molecule is O=C(O)[C@@H]1CCCN(C(=O)Cc2cc3c(cc2Br)OCCO3)C1. The van der Waals surface area contributed by atoms with Gasteiger partial charge in [0.25, 0.3) is 0 Å². The van der Waals surface area contributed by atoms with E-state index in [0.717, 1.165) is 16.5 Å². The summed E-state index contributed by atoms with van der Waals surface area (Å²) < 4.78 is 11.8. The molecule has 2 aliphatic heterocycles. The van der Waals surface area contributed by atoms with Gasteiger partial charge in [-0.2, -0.15) is 0 Å². The number of amides is 1. The Kier molecular flexibility index (Phi) is 4.75. The first-order chi connectivity index (χ1) is 11.0. The lowest BCUT2D eigenvalue weighted by molar-refractivity contribution is -0.145. The summed E-state index contributed by atoms with van der Waals surface area (Å²) in [5, 5.41) is 9.13. The van der Waals surface area contributed by atoms with Crippen LogP contribution in [0.3, 0.4) is 0 Å². The second kappa shape index (κ2) is 6.78. The number of hydrogen-bond acceptors (Lipinski definition) is 4. The molecule has 1 N–H and O–H groups in total. The second-order valence-corrected chi connectivity index (χ2v) is 6.64. The molecule has 7 heteroatoms. The fourth-order valence-corrected chi connectivity index (χ4v) is 3.38. The van der Waals surface area contributed by atoms with Crippen LogP contribution in [0, 0.1) is 5.92 Å². The van der Waals surface area contributed by atoms with Gasteiger partial charge in [-0.05, 0) is 30.5 Å². The summed E-state index contributed by atoms with van der Waals surface area (Å²) in [7, 11) is 0. The Morgan fingerprint density at radius 3 is 2.65 bits per heavy atom. The standard InChI is InChI=1S/C16H18BrNO5/c17-12-8-14-13(22-4-5-23-14)6-11(12)7-15(19)18-3-1-2-10(9-18)16(20)21/h6,8,10H,1-5,7,9H2,(H,20,21)/t10-/m1/s1. The van der Waals surface area contributed by atoms with Gasteiger partial charge in [0, 0.05) is 17.6 Å². The number of carboxylic acids is 1. The third kappa shape index (κ3) is 3.60. The number of nitrogens with zero attached hydrogens (tertiary/aromatic N) is 1. The summed E-state index contributed by atoms with van der Waals surface area (Å²) in [6, 6.07) is 3.63. The predicted octanol–water partition coefficient (Wildman–Crippen LogP) is 2.09. The number of likely N-dealkylation sites (tertiary alicyclic amines) is 1. The number of halogens is 1. The van der Waals surface area contributed by atoms with Crippen LogP contribution in [0.2, 0.25) is 0 Å². The molecular weight excluding hydrogens is 366 g/mol. The van der Waals surface area contributed by atoms with Gasteiger partial charge in [0.05, 0.1) is 12.3 Å². The highest BCUT2D eigenvalue weighted by Gasteiger charge is 2.28. The number of hydrogen-bond donors (Lipinski definition) is 1. The molecule has 1 aromatic rings. The van der Waals surface area contributed by atoms with Gasteiger partial charge in [-0.25, -0.2) is 0 Å². The number of benzene rings is 1. The largest absolute Gasteiger partial charge is 0.486 e. The molecule has 3 rings (SSSR count). The van der Waals surface area contributed by atoms with E-state index in [9.17, 15) is 9.59 Å². The zero-order valence-corrected chi connectivity index (χ0v) is 14.2. The molecule has 1 fully saturated rings. The lowest BCUT2D eigenvalue weighted by Crippen LogP contribution is -2.43. The third-order valence-electron chi connectivity index (χ3n) is 4.18. The molecule has 0 spiro atoms. The molecule has 124 valence electrons. The van der Waals surface area contributed by atoms with Crippen molar-refractivity contribution in [2.75, 3.05) is 26.3 Å². The van der Waals surface area contributed by atoms with Gasteiger partial charge in [-0.1, -0.05) is 15.9 Å². The highest BCUT2D eigenvalue weighted by molar-refractivity contribution is 9.10. The van der Waals surface area contributed by atoms with Gasteiger partial charge in [0.1, 0.15) is 13.2 Å². The van der Waals surface area contributed by atoms with Crippen molar-refractivity contribution in [3.63, 3.8) is 0 Å². The number of ether oxygens (including phenoxy) is 2. The van der Waals surface area contributed by atoms with Crippen molar-refractivity contribution in [3.05, 3.63) is 22.2 Å². The molecule has 0 radical (unpaired) electrons. The Morgan fingerprint density at radius 1 is 1.26 bits per heavy atom. The lowest BCUT2D eigenvalue weighted by atomic mass is 9.97. The van der Waals surface area contributed by atoms with Gasteiger partial charge in [0.15, 0.2) is 11.5 Å². The van der Waals surface area contributed by atoms with Crippen LogP contribution in [-0.4, -0.2) is 48.2 Å². The molecule has 1 aromatic carbocycles. The molecule has 6 nitrogen and oxygen atoms in total. The minimum absolute atomic E-state index is 0.0617. The number of carboxylic acid groups (broad SMARTS) is 1. The third-order valence-corrected chi connectivity index (χ3v) is 4.91. The van der Waals surface area contributed by atoms with E-state index < -0.39 is 11.9 Å². The summed E-state index contributed by atoms with van der Waals surface area (Å²) in [6.07, 6.45) is 1.57. The average molecular weight is 384 g/mol. The molecule has 0 aliphatic carbocycles. The maximum atomic E-state index is 12.5. The minimum Gasteiger partial charge on any atom is -0.486 e. The zero-order chi connectivity index (χ0) is 16.4. The number of rotatable bonds is 3. The van der Waals surface area contributed by atoms with Crippen LogP contribution in [-0.2, 0) is 16.0 Å². The average Bonchev–Trinajstić information content (AvgIpc) is 2.55. The van der Waals surface area contributed by atoms with Gasteiger partial charge in [-0.15, -0.1) is 0 Å². The molecule has 2 heterocycles. The van der Waals surface area contributed by atoms with Gasteiger partial charge < -0.3 is 19.5 Å². The Labute approximate surface area is 142 Å². The molecule has 1 amide bonds. The first-order valence-corrected chi connectivity index (χ1v) is 8.42. The monoisotopic (exact) mass is 383 g/mol. The smallest absolute Gasteiger partial charge is 0.308 e. The van der Waals surface area contributed by atoms with Gasteiger partial charge >= 0.3 is 5.97 Å². The van der Waals surface area contributed by atoms with Crippen LogP contribution in [0.4, 0.5) is 0 Å². The predicted molar refractivity (Wildman–Crippen MR) is 85.8 cm³/mol. The van der Waals surface area contributed by atoms with Crippen LogP contribution < -0.4 is 9.47 Å². The van der Waals surface area contributed by atoms with Crippen LogP contribution in [0.1, 0.15) is 18.4 Å². The quantitative estimate of drug-likeness (QED) is 0.864. The maximum Gasteiger partial charge on any atom is 0.308 e. The van der Waals surface area contributed by atoms with E-state index in [2.05, 4.69) is 15.9 Å². The molecular formula is C16H18BrNO5. The maximum absolute atomic E-state index is 12.5. The van der Waals surface area contributed by atoms with E-state index in [1.807, 2.05) is 12.1 Å². The van der Waals surface area contributed by atoms with Crippen molar-refractivity contribution in [1.29, 1.82) is 0 Å². The lowest BCUT2D eigenvalue weighted by Gasteiger charge is -2.31. The highest BCUT2D eigenvalue weighted by atomic mass is 79.9. The molecule has 0 unspecified atom stereocenters. The molecule has 0 saturated carbocycles. The Bertz CT molecular complexity index is 633. The number of piperidine rings is 1. The summed E-state index contributed by atoms with van der Waals surface area (Å²) in [5.41, 5.74) is 0.816. The van der Waals surface area contributed by atoms with E-state index in [0.29, 0.717) is 37.7 Å². The summed E-state index contributed by atoms with van der Waals surface area (Å²) in [4.78, 5) is 25.3. The van der Waals surface area contributed by atoms with Crippen molar-refractivity contribution in [2.24, 2.45) is 5.92 Å². The minimum atomic E-state index is -0.831. The van der Waals surface area contributed by atoms with E-state index in [1.54, 1.807) is 4.90 Å². The molecule has 1 atom stereocenters. The summed E-state index contributed by atoms with van der Waals surface area (Å²) in [6.45, 7) is 1.91. The fraction of sp³-hybridized carbons (Fsp3) is 0.500. The van der Waals surface area contributed by atoms with Crippen LogP contribution in [0.5, 0.6) is 11.5 Å². The molecule has 1 saturated heterocycles. The molecule has 2 aliphatic rings. The van der Waals surface area contributed by atoms with E-state index in [4.69, 9.17) is 14.6 Å². The number of carbonyl (C=O) groups is 2. The molecule has 23 heavy (non-hydrogen) atoms. The molecule has 0 aromatic heterocycles. The van der Waals surface area contributed by atoms with Crippen molar-refractivity contribution >= 4 is 27.8 Å². The van der Waals surface area contributed by atoms with Gasteiger partial charge in [-0.3, -0.25) is 9.59 Å². The van der Waals surface area contributed by atoms with E-state index in [1.165, 1.54) is 0 Å². The van der Waals surface area contributed by atoms with E-state index in [-0.39, 0.29) is 18.9 Å². The van der Waals surface area contributed by atoms with E-state index >= 15 is 0 Å². The van der Waals surface area contributed by atoms with Crippen LogP contribution in [0.15, 0.2) is 16.6 Å². The Morgan fingerprint density at radius 2 is 1.96 bits per heavy atom. The van der Waals surface area contributed by atoms with Crippen molar-refractivity contribution < 1.29 is 24.2 Å². The second-order valence-electron chi connectivity index (χ2n) is 5.78. The first kappa shape index (κ1) is 16.1. The van der Waals surface area contributed by atoms with Crippen LogP contribution in [0.25, 0.3) is 0 Å². The Balaban J connectivity index is 1.71. The highest BCUT2D eigenvalue weighted by Crippen LogP contribution is 2.36. The Hall–Kier alpha value is -1.76. The molecule has 0 bridgehead atoms. The van der Waals surface area contributed by atoms with Crippen molar-refractivity contribution in [1.82, 2.24) is 4.90 Å². The number of fused-ring (bicyclic) bond motifs is 1. The zero-order valence-electron chi connectivity index (χ0n) is 12.6. The van der Waals surface area contributed by atoms with Gasteiger partial charge in [0.2, 0.25) is 5.91 Å². The van der Waals surface area contributed by atoms with Crippen LogP contribution >= 0.6 is 15.9 Å². The number of aliphatic carboxylic acids is 1. The normalized spacial score (nSPS) is 20.2. The van der Waals surface area contributed by atoms with Crippen molar-refractivity contribution in [2.45, 2.75) is 19.3 Å². The fourth-order valence-electron chi connectivity index (χ4n) is 2.92. The summed E-state index contributed by atoms with van der Waals surface area (Å²) >= 11 is 3.46. The first-order valence-electron chi connectivity index (χ1n) is 7.63.